The topological polar surface area (TPSA) is 84.3 Å². The molecule has 11 heteroatoms. The number of carbonyl (C=O) groups excluding carboxylic acids is 1. The van der Waals surface area contributed by atoms with Crippen LogP contribution in [0.5, 0.6) is 0 Å². The van der Waals surface area contributed by atoms with Gasteiger partial charge in [0.15, 0.2) is 0 Å². The Balaban J connectivity index is 1.47. The second kappa shape index (κ2) is 12.3. The molecule has 2 atom stereocenters. The summed E-state index contributed by atoms with van der Waals surface area (Å²) < 4.78 is 59.1. The highest BCUT2D eigenvalue weighted by Gasteiger charge is 2.29. The summed E-state index contributed by atoms with van der Waals surface area (Å²) in [5.74, 6) is -1.53. The minimum Gasteiger partial charge on any atom is -0.337 e. The van der Waals surface area contributed by atoms with Crippen LogP contribution in [0.15, 0.2) is 78.0 Å². The SMILES string of the molecule is C[C@@H](CC(=O)N(Cc1nccn1C)c1ccc2c(c1)[C@H](NS(=O)(=O)c1cccc(Cl)c1)CCC2)c1ccc(F)cc1F. The molecule has 1 aromatic heterocycles. The molecule has 1 N–H and O–H groups in total. The molecule has 0 bridgehead atoms. The van der Waals surface area contributed by atoms with Crippen molar-refractivity contribution >= 4 is 33.2 Å². The lowest BCUT2D eigenvalue weighted by Gasteiger charge is -2.30. The summed E-state index contributed by atoms with van der Waals surface area (Å²) in [4.78, 5) is 19.8. The maximum Gasteiger partial charge on any atom is 0.241 e. The first-order valence-electron chi connectivity index (χ1n) is 13.6. The Bertz CT molecular complexity index is 1730. The molecule has 0 unspecified atom stereocenters. The average Bonchev–Trinajstić information content (AvgIpc) is 3.35. The Hall–Kier alpha value is -3.60. The monoisotopic (exact) mass is 612 g/mol. The summed E-state index contributed by atoms with van der Waals surface area (Å²) in [5.41, 5.74) is 2.61. The van der Waals surface area contributed by atoms with E-state index in [1.807, 2.05) is 29.8 Å². The van der Waals surface area contributed by atoms with Crippen molar-refractivity contribution in [1.29, 1.82) is 0 Å². The second-order valence-electron chi connectivity index (χ2n) is 10.6. The van der Waals surface area contributed by atoms with Crippen LogP contribution in [0.1, 0.15) is 60.7 Å². The predicted octanol–water partition coefficient (Wildman–Crippen LogP) is 6.43. The summed E-state index contributed by atoms with van der Waals surface area (Å²) in [6, 6.07) is 14.6. The molecule has 0 saturated heterocycles. The molecule has 3 aromatic carbocycles. The van der Waals surface area contributed by atoms with Gasteiger partial charge in [-0.25, -0.2) is 26.9 Å². The quantitative estimate of drug-likeness (QED) is 0.236. The van der Waals surface area contributed by atoms with Gasteiger partial charge < -0.3 is 9.47 Å². The Morgan fingerprint density at radius 3 is 2.69 bits per heavy atom. The van der Waals surface area contributed by atoms with Crippen LogP contribution in [0.3, 0.4) is 0 Å². The lowest BCUT2D eigenvalue weighted by molar-refractivity contribution is -0.119. The van der Waals surface area contributed by atoms with E-state index in [0.717, 1.165) is 30.0 Å². The predicted molar refractivity (Wildman–Crippen MR) is 158 cm³/mol. The summed E-state index contributed by atoms with van der Waals surface area (Å²) in [6.45, 7) is 1.87. The molecule has 0 fully saturated rings. The maximum absolute atomic E-state index is 14.5. The number of imidazole rings is 1. The van der Waals surface area contributed by atoms with E-state index in [2.05, 4.69) is 9.71 Å². The van der Waals surface area contributed by atoms with E-state index in [4.69, 9.17) is 11.6 Å². The zero-order valence-electron chi connectivity index (χ0n) is 23.2. The third kappa shape index (κ3) is 6.56. The van der Waals surface area contributed by atoms with Gasteiger partial charge in [0.25, 0.3) is 0 Å². The number of anilines is 1. The minimum atomic E-state index is -3.87. The van der Waals surface area contributed by atoms with Crippen LogP contribution in [0.25, 0.3) is 0 Å². The Labute approximate surface area is 249 Å². The highest BCUT2D eigenvalue weighted by atomic mass is 35.5. The van der Waals surface area contributed by atoms with Crippen molar-refractivity contribution in [2.45, 2.75) is 56.0 Å². The summed E-state index contributed by atoms with van der Waals surface area (Å²) in [5, 5.41) is 0.322. The van der Waals surface area contributed by atoms with E-state index >= 15 is 0 Å². The van der Waals surface area contributed by atoms with Crippen molar-refractivity contribution in [3.8, 4) is 0 Å². The van der Waals surface area contributed by atoms with E-state index in [0.29, 0.717) is 23.0 Å². The van der Waals surface area contributed by atoms with E-state index in [9.17, 15) is 22.0 Å². The second-order valence-corrected chi connectivity index (χ2v) is 12.8. The molecule has 4 aromatic rings. The van der Waals surface area contributed by atoms with Gasteiger partial charge in [-0.05, 0) is 78.3 Å². The molecule has 7 nitrogen and oxygen atoms in total. The van der Waals surface area contributed by atoms with Gasteiger partial charge >= 0.3 is 0 Å². The first-order valence-corrected chi connectivity index (χ1v) is 15.5. The zero-order valence-corrected chi connectivity index (χ0v) is 24.8. The number of hydrogen-bond acceptors (Lipinski definition) is 4. The third-order valence-corrected chi connectivity index (χ3v) is 9.36. The van der Waals surface area contributed by atoms with Crippen molar-refractivity contribution in [2.75, 3.05) is 4.90 Å². The van der Waals surface area contributed by atoms with Crippen molar-refractivity contribution < 1.29 is 22.0 Å². The lowest BCUT2D eigenvalue weighted by Crippen LogP contribution is -2.34. The Morgan fingerprint density at radius 1 is 1.17 bits per heavy atom. The van der Waals surface area contributed by atoms with Crippen LogP contribution in [0.4, 0.5) is 14.5 Å². The average molecular weight is 613 g/mol. The molecule has 1 aliphatic carbocycles. The third-order valence-electron chi connectivity index (χ3n) is 7.66. The first kappa shape index (κ1) is 29.9. The standard InChI is InChI=1S/C31H31ClF2N4O3S/c1-20(26-12-10-23(33)17-28(26)34)15-31(39)38(19-30-35-13-14-37(30)2)24-11-9-21-5-3-8-29(27(21)18-24)36-42(40,41)25-7-4-6-22(32)16-25/h4,6-7,9-14,16-18,20,29,36H,3,5,8,15,19H2,1-2H3/t20-,29+/m0/s1. The Morgan fingerprint density at radius 2 is 1.98 bits per heavy atom. The van der Waals surface area contributed by atoms with E-state index in [1.54, 1.807) is 36.4 Å². The molecule has 0 radical (unpaired) electrons. The number of carbonyl (C=O) groups is 1. The minimum absolute atomic E-state index is 0.0329. The largest absolute Gasteiger partial charge is 0.337 e. The molecule has 220 valence electrons. The molecular weight excluding hydrogens is 582 g/mol. The van der Waals surface area contributed by atoms with Gasteiger partial charge in [0.05, 0.1) is 11.4 Å². The number of halogens is 3. The number of aromatic nitrogens is 2. The van der Waals surface area contributed by atoms with Crippen molar-refractivity contribution in [3.05, 3.63) is 112 Å². The normalized spacial score (nSPS) is 15.7. The number of benzene rings is 3. The van der Waals surface area contributed by atoms with Crippen LogP contribution in [0, 0.1) is 11.6 Å². The molecule has 1 aliphatic rings. The van der Waals surface area contributed by atoms with Crippen molar-refractivity contribution in [2.24, 2.45) is 7.05 Å². The number of nitrogens with one attached hydrogen (secondary N) is 1. The fourth-order valence-electron chi connectivity index (χ4n) is 5.36. The Kier molecular flexibility index (Phi) is 8.77. The summed E-state index contributed by atoms with van der Waals surface area (Å²) >= 11 is 6.05. The molecule has 5 rings (SSSR count). The van der Waals surface area contributed by atoms with E-state index < -0.39 is 33.6 Å². The molecule has 1 heterocycles. The molecule has 1 amide bonds. The van der Waals surface area contributed by atoms with E-state index in [-0.39, 0.29) is 29.3 Å². The summed E-state index contributed by atoms with van der Waals surface area (Å²) in [6.07, 6.45) is 5.55. The lowest BCUT2D eigenvalue weighted by atomic mass is 9.87. The van der Waals surface area contributed by atoms with Crippen LogP contribution in [-0.2, 0) is 34.8 Å². The van der Waals surface area contributed by atoms with Gasteiger partial charge in [-0.3, -0.25) is 4.79 Å². The van der Waals surface area contributed by atoms with Crippen LogP contribution in [-0.4, -0.2) is 23.9 Å². The number of aryl methyl sites for hydroxylation is 2. The molecule has 0 spiro atoms. The summed E-state index contributed by atoms with van der Waals surface area (Å²) in [7, 11) is -2.04. The van der Waals surface area contributed by atoms with Gasteiger partial charge in [-0.1, -0.05) is 36.7 Å². The number of nitrogens with zero attached hydrogens (tertiary/aromatic N) is 3. The van der Waals surface area contributed by atoms with Crippen LogP contribution >= 0.6 is 11.6 Å². The highest BCUT2D eigenvalue weighted by molar-refractivity contribution is 7.89. The number of rotatable bonds is 9. The van der Waals surface area contributed by atoms with Gasteiger partial charge in [0, 0.05) is 48.7 Å². The van der Waals surface area contributed by atoms with Crippen molar-refractivity contribution in [1.82, 2.24) is 14.3 Å². The number of amides is 1. The van der Waals surface area contributed by atoms with Crippen LogP contribution < -0.4 is 9.62 Å². The number of fused-ring (bicyclic) bond motifs is 1. The van der Waals surface area contributed by atoms with Gasteiger partial charge in [-0.15, -0.1) is 0 Å². The van der Waals surface area contributed by atoms with Crippen LogP contribution in [0.2, 0.25) is 5.02 Å². The van der Waals surface area contributed by atoms with E-state index in [1.165, 1.54) is 24.3 Å². The zero-order chi connectivity index (χ0) is 30.0. The number of hydrogen-bond donors (Lipinski definition) is 1. The number of sulfonamides is 1. The van der Waals surface area contributed by atoms with Gasteiger partial charge in [0.2, 0.25) is 15.9 Å². The van der Waals surface area contributed by atoms with Crippen molar-refractivity contribution in [3.63, 3.8) is 0 Å². The van der Waals surface area contributed by atoms with Gasteiger partial charge in [0.1, 0.15) is 17.5 Å². The molecule has 0 saturated carbocycles. The maximum atomic E-state index is 14.5. The molecule has 0 aliphatic heterocycles. The highest BCUT2D eigenvalue weighted by Crippen LogP contribution is 2.35. The molecule has 42 heavy (non-hydrogen) atoms. The fourth-order valence-corrected chi connectivity index (χ4v) is 6.91. The molecular formula is C31H31ClF2N4O3S. The van der Waals surface area contributed by atoms with Gasteiger partial charge in [-0.2, -0.15) is 0 Å². The first-order chi connectivity index (χ1) is 20.0. The smallest absolute Gasteiger partial charge is 0.241 e. The fraction of sp³-hybridized carbons (Fsp3) is 0.290.